The number of cyclic esters (lactones) is 1. The molecule has 7 heteroatoms. The van der Waals surface area contributed by atoms with Crippen molar-refractivity contribution in [3.8, 4) is 0 Å². The Morgan fingerprint density at radius 3 is 2.88 bits per heavy atom. The van der Waals surface area contributed by atoms with Crippen molar-refractivity contribution in [1.82, 2.24) is 5.01 Å². The molecule has 1 fully saturated rings. The van der Waals surface area contributed by atoms with E-state index in [0.717, 1.165) is 5.01 Å². The number of rotatable bonds is 3. The van der Waals surface area contributed by atoms with Crippen LogP contribution in [0.3, 0.4) is 0 Å². The minimum atomic E-state index is -0.542. The van der Waals surface area contributed by atoms with E-state index < -0.39 is 11.0 Å². The summed E-state index contributed by atoms with van der Waals surface area (Å²) in [6, 6.07) is 6.17. The number of para-hydroxylation sites is 1. The smallest absolute Gasteiger partial charge is 0.430 e. The zero-order valence-electron chi connectivity index (χ0n) is 8.78. The van der Waals surface area contributed by atoms with Gasteiger partial charge in [0, 0.05) is 6.07 Å². The second-order valence-electron chi connectivity index (χ2n) is 3.30. The fraction of sp³-hybridized carbons (Fsp3) is 0.200. The molecule has 1 aromatic carbocycles. The maximum absolute atomic E-state index is 11.1. The van der Waals surface area contributed by atoms with E-state index in [4.69, 9.17) is 0 Å². The zero-order chi connectivity index (χ0) is 12.3. The van der Waals surface area contributed by atoms with Crippen LogP contribution in [0.15, 0.2) is 29.4 Å². The van der Waals surface area contributed by atoms with Crippen LogP contribution in [0.25, 0.3) is 0 Å². The number of hydrogen-bond donors (Lipinski definition) is 0. The molecule has 1 heterocycles. The second-order valence-corrected chi connectivity index (χ2v) is 3.30. The van der Waals surface area contributed by atoms with Gasteiger partial charge < -0.3 is 4.74 Å². The van der Waals surface area contributed by atoms with Gasteiger partial charge in [-0.2, -0.15) is 10.1 Å². The Balaban J connectivity index is 2.20. The summed E-state index contributed by atoms with van der Waals surface area (Å²) in [5, 5.41) is 15.7. The van der Waals surface area contributed by atoms with Crippen molar-refractivity contribution in [3.63, 3.8) is 0 Å². The van der Waals surface area contributed by atoms with Crippen LogP contribution >= 0.6 is 0 Å². The van der Waals surface area contributed by atoms with Crippen molar-refractivity contribution in [3.05, 3.63) is 39.9 Å². The third kappa shape index (κ3) is 2.39. The monoisotopic (exact) mass is 235 g/mol. The molecule has 0 radical (unpaired) electrons. The molecule has 0 spiro atoms. The molecule has 7 nitrogen and oxygen atoms in total. The first kappa shape index (κ1) is 11.1. The van der Waals surface area contributed by atoms with E-state index in [2.05, 4.69) is 9.84 Å². The van der Waals surface area contributed by atoms with Gasteiger partial charge in [0.15, 0.2) is 0 Å². The standard InChI is InChI=1S/C10H9N3O4/c14-10-12(5-6-17-10)11-7-8-3-1-2-4-9(8)13(15)16/h1-4,7H,5-6H2/b11-7+. The molecule has 0 saturated carbocycles. The molecule has 1 saturated heterocycles. The van der Waals surface area contributed by atoms with Gasteiger partial charge in [-0.25, -0.2) is 4.79 Å². The van der Waals surface area contributed by atoms with E-state index in [0.29, 0.717) is 12.1 Å². The molecule has 2 rings (SSSR count). The van der Waals surface area contributed by atoms with E-state index in [1.54, 1.807) is 18.2 Å². The van der Waals surface area contributed by atoms with Gasteiger partial charge in [0.05, 0.1) is 23.2 Å². The van der Waals surface area contributed by atoms with Crippen molar-refractivity contribution in [2.75, 3.05) is 13.2 Å². The lowest BCUT2D eigenvalue weighted by Crippen LogP contribution is -2.17. The Morgan fingerprint density at radius 1 is 1.47 bits per heavy atom. The number of carbonyl (C=O) groups excluding carboxylic acids is 1. The first-order valence-electron chi connectivity index (χ1n) is 4.90. The predicted molar refractivity (Wildman–Crippen MR) is 58.7 cm³/mol. The molecule has 0 aliphatic carbocycles. The number of nitro groups is 1. The van der Waals surface area contributed by atoms with Gasteiger partial charge in [0.2, 0.25) is 0 Å². The van der Waals surface area contributed by atoms with Crippen LogP contribution in [0, 0.1) is 10.1 Å². The van der Waals surface area contributed by atoms with E-state index in [9.17, 15) is 14.9 Å². The number of ether oxygens (including phenoxy) is 1. The highest BCUT2D eigenvalue weighted by atomic mass is 16.6. The normalized spacial score (nSPS) is 15.3. The lowest BCUT2D eigenvalue weighted by molar-refractivity contribution is -0.385. The molecule has 88 valence electrons. The lowest BCUT2D eigenvalue weighted by atomic mass is 10.2. The van der Waals surface area contributed by atoms with Gasteiger partial charge in [-0.1, -0.05) is 12.1 Å². The first-order valence-corrected chi connectivity index (χ1v) is 4.90. The topological polar surface area (TPSA) is 85.0 Å². The molecule has 1 aromatic rings. The molecule has 0 N–H and O–H groups in total. The van der Waals surface area contributed by atoms with Gasteiger partial charge in [-0.05, 0) is 6.07 Å². The van der Waals surface area contributed by atoms with Crippen molar-refractivity contribution >= 4 is 18.0 Å². The van der Waals surface area contributed by atoms with E-state index in [-0.39, 0.29) is 12.3 Å². The second kappa shape index (κ2) is 4.60. The molecule has 1 aliphatic rings. The summed E-state index contributed by atoms with van der Waals surface area (Å²) in [4.78, 5) is 21.3. The number of hydrogen-bond acceptors (Lipinski definition) is 5. The van der Waals surface area contributed by atoms with Crippen LogP contribution in [0.4, 0.5) is 10.5 Å². The van der Waals surface area contributed by atoms with Crippen LogP contribution in [0.2, 0.25) is 0 Å². The van der Waals surface area contributed by atoms with Crippen molar-refractivity contribution in [2.45, 2.75) is 0 Å². The summed E-state index contributed by atoms with van der Waals surface area (Å²) in [7, 11) is 0. The Kier molecular flexibility index (Phi) is 2.99. The summed E-state index contributed by atoms with van der Waals surface area (Å²) >= 11 is 0. The average molecular weight is 235 g/mol. The third-order valence-corrected chi connectivity index (χ3v) is 2.21. The highest BCUT2D eigenvalue weighted by Crippen LogP contribution is 2.15. The van der Waals surface area contributed by atoms with Crippen LogP contribution in [0.1, 0.15) is 5.56 Å². The summed E-state index contributed by atoms with van der Waals surface area (Å²) in [5.74, 6) is 0. The quantitative estimate of drug-likeness (QED) is 0.450. The molecule has 1 aliphatic heterocycles. The Morgan fingerprint density at radius 2 is 2.24 bits per heavy atom. The molecular weight excluding hydrogens is 226 g/mol. The highest BCUT2D eigenvalue weighted by molar-refractivity contribution is 5.86. The number of benzene rings is 1. The number of amides is 1. The van der Waals surface area contributed by atoms with Gasteiger partial charge in [-0.3, -0.25) is 10.1 Å². The maximum atomic E-state index is 11.1. The largest absolute Gasteiger partial charge is 0.446 e. The van der Waals surface area contributed by atoms with E-state index in [1.165, 1.54) is 12.3 Å². The number of hydrazone groups is 1. The van der Waals surface area contributed by atoms with Crippen molar-refractivity contribution < 1.29 is 14.5 Å². The fourth-order valence-corrected chi connectivity index (χ4v) is 1.38. The number of carbonyl (C=O) groups is 1. The zero-order valence-corrected chi connectivity index (χ0v) is 8.78. The van der Waals surface area contributed by atoms with Crippen molar-refractivity contribution in [2.24, 2.45) is 5.10 Å². The Labute approximate surface area is 96.4 Å². The number of nitrogens with zero attached hydrogens (tertiary/aromatic N) is 3. The molecule has 1 amide bonds. The summed E-state index contributed by atoms with van der Waals surface area (Å²) in [6.07, 6.45) is 0.741. The maximum Gasteiger partial charge on any atom is 0.430 e. The third-order valence-electron chi connectivity index (χ3n) is 2.21. The molecule has 0 atom stereocenters. The van der Waals surface area contributed by atoms with Crippen LogP contribution in [-0.4, -0.2) is 35.4 Å². The van der Waals surface area contributed by atoms with E-state index in [1.807, 2.05) is 0 Å². The van der Waals surface area contributed by atoms with Gasteiger partial charge >= 0.3 is 6.09 Å². The Hall–Kier alpha value is -2.44. The SMILES string of the molecule is O=C1OCCN1/N=C/c1ccccc1[N+](=O)[O-]. The molecule has 0 unspecified atom stereocenters. The minimum absolute atomic E-state index is 0.0520. The van der Waals surface area contributed by atoms with Gasteiger partial charge in [-0.15, -0.1) is 0 Å². The van der Waals surface area contributed by atoms with Gasteiger partial charge in [0.25, 0.3) is 5.69 Å². The number of nitro benzene ring substituents is 1. The lowest BCUT2D eigenvalue weighted by Gasteiger charge is -2.03. The first-order chi connectivity index (χ1) is 8.18. The van der Waals surface area contributed by atoms with Crippen LogP contribution < -0.4 is 0 Å². The fourth-order valence-electron chi connectivity index (χ4n) is 1.38. The molecule has 17 heavy (non-hydrogen) atoms. The Bertz CT molecular complexity index is 486. The summed E-state index contributed by atoms with van der Waals surface area (Å²) in [6.45, 7) is 0.642. The molecule has 0 bridgehead atoms. The van der Waals surface area contributed by atoms with Crippen molar-refractivity contribution in [1.29, 1.82) is 0 Å². The van der Waals surface area contributed by atoms with Crippen LogP contribution in [-0.2, 0) is 4.74 Å². The predicted octanol–water partition coefficient (Wildman–Crippen LogP) is 1.38. The minimum Gasteiger partial charge on any atom is -0.446 e. The van der Waals surface area contributed by atoms with Gasteiger partial charge in [0.1, 0.15) is 6.61 Å². The summed E-state index contributed by atoms with van der Waals surface area (Å²) in [5.41, 5.74) is 0.293. The molecular formula is C10H9N3O4. The average Bonchev–Trinajstić information content (AvgIpc) is 2.72. The molecule has 0 aromatic heterocycles. The van der Waals surface area contributed by atoms with Crippen LogP contribution in [0.5, 0.6) is 0 Å². The van der Waals surface area contributed by atoms with E-state index >= 15 is 0 Å². The highest BCUT2D eigenvalue weighted by Gasteiger charge is 2.21. The summed E-state index contributed by atoms with van der Waals surface area (Å²) < 4.78 is 4.67.